The zero-order valence-corrected chi connectivity index (χ0v) is 16.5. The summed E-state index contributed by atoms with van der Waals surface area (Å²) in [5.74, 6) is 0.552. The van der Waals surface area contributed by atoms with Crippen molar-refractivity contribution in [2.45, 2.75) is 19.9 Å². The fourth-order valence-corrected chi connectivity index (χ4v) is 4.15. The summed E-state index contributed by atoms with van der Waals surface area (Å²) in [6.45, 7) is 4.31. The number of thiazole rings is 1. The van der Waals surface area contributed by atoms with Crippen molar-refractivity contribution in [3.05, 3.63) is 57.7 Å². The number of hydrogen-bond donors (Lipinski definition) is 1. The minimum absolute atomic E-state index is 0.0565. The first kappa shape index (κ1) is 17.8. The van der Waals surface area contributed by atoms with E-state index in [1.807, 2.05) is 42.5 Å². The van der Waals surface area contributed by atoms with Gasteiger partial charge in [0.15, 0.2) is 11.4 Å². The van der Waals surface area contributed by atoms with Crippen LogP contribution < -0.4 is 14.9 Å². The molecule has 138 valence electrons. The maximum atomic E-state index is 11.6. The maximum Gasteiger partial charge on any atom is 0.262 e. The van der Waals surface area contributed by atoms with Gasteiger partial charge in [0.25, 0.3) is 5.91 Å². The molecule has 1 aliphatic rings. The summed E-state index contributed by atoms with van der Waals surface area (Å²) in [7, 11) is 0. The molecule has 4 rings (SSSR count). The number of benzene rings is 2. The highest BCUT2D eigenvalue weighted by atomic mass is 35.5. The smallest absolute Gasteiger partial charge is 0.262 e. The lowest BCUT2D eigenvalue weighted by Crippen LogP contribution is -2.25. The number of halogens is 1. The molecule has 0 unspecified atom stereocenters. The van der Waals surface area contributed by atoms with Gasteiger partial charge >= 0.3 is 0 Å². The number of nitrogens with one attached hydrogen (secondary N) is 1. The van der Waals surface area contributed by atoms with E-state index in [0.717, 1.165) is 21.7 Å². The van der Waals surface area contributed by atoms with E-state index < -0.39 is 0 Å². The number of aromatic nitrogens is 1. The first-order valence-corrected chi connectivity index (χ1v) is 9.84. The van der Waals surface area contributed by atoms with Gasteiger partial charge in [-0.2, -0.15) is 0 Å². The van der Waals surface area contributed by atoms with Gasteiger partial charge in [-0.1, -0.05) is 11.6 Å². The summed E-state index contributed by atoms with van der Waals surface area (Å²) >= 11 is 7.55. The van der Waals surface area contributed by atoms with Crippen LogP contribution in [0.1, 0.15) is 19.9 Å². The molecule has 3 aromatic rings. The lowest BCUT2D eigenvalue weighted by molar-refractivity contribution is -0.118. The lowest BCUT2D eigenvalue weighted by Gasteiger charge is -2.19. The number of fused-ring (bicyclic) bond motifs is 1. The van der Waals surface area contributed by atoms with Gasteiger partial charge in [0, 0.05) is 22.0 Å². The minimum Gasteiger partial charge on any atom is -0.482 e. The molecule has 1 amide bonds. The lowest BCUT2D eigenvalue weighted by atomic mass is 10.1. The molecule has 27 heavy (non-hydrogen) atoms. The Morgan fingerprint density at radius 2 is 2.00 bits per heavy atom. The van der Waals surface area contributed by atoms with Gasteiger partial charge in [0.1, 0.15) is 5.75 Å². The first-order chi connectivity index (χ1) is 13.0. The van der Waals surface area contributed by atoms with E-state index >= 15 is 0 Å². The Morgan fingerprint density at radius 1 is 1.22 bits per heavy atom. The minimum atomic E-state index is -0.139. The highest BCUT2D eigenvalue weighted by Crippen LogP contribution is 2.33. The standard InChI is InChI=1S/C20H18ClN3O2S/c1-12(2)24-17(11-27-20(24)22-15-6-4-14(21)5-7-15)13-3-8-18-16(9-13)23-19(25)10-26-18/h3-9,11-12H,10H2,1-2H3,(H,23,25). The molecule has 0 atom stereocenters. The Morgan fingerprint density at radius 3 is 2.74 bits per heavy atom. The fourth-order valence-electron chi connectivity index (χ4n) is 2.98. The molecule has 7 heteroatoms. The monoisotopic (exact) mass is 399 g/mol. The topological polar surface area (TPSA) is 55.6 Å². The number of amides is 1. The predicted molar refractivity (Wildman–Crippen MR) is 109 cm³/mol. The number of nitrogens with zero attached hydrogens (tertiary/aromatic N) is 2. The molecule has 0 bridgehead atoms. The van der Waals surface area contributed by atoms with Gasteiger partial charge in [-0.3, -0.25) is 4.79 Å². The molecule has 0 fully saturated rings. The number of anilines is 1. The number of rotatable bonds is 3. The second kappa shape index (κ2) is 7.21. The zero-order valence-electron chi connectivity index (χ0n) is 14.9. The van der Waals surface area contributed by atoms with E-state index in [1.165, 1.54) is 0 Å². The van der Waals surface area contributed by atoms with Gasteiger partial charge in [-0.05, 0) is 56.3 Å². The third kappa shape index (κ3) is 3.63. The summed E-state index contributed by atoms with van der Waals surface area (Å²) in [4.78, 5) is 17.3. The number of carbonyl (C=O) groups is 1. The zero-order chi connectivity index (χ0) is 19.0. The normalized spacial score (nSPS) is 14.1. The second-order valence-corrected chi connectivity index (χ2v) is 7.78. The SMILES string of the molecule is CC(C)n1c(-c2ccc3c(c2)NC(=O)CO3)csc1=Nc1ccc(Cl)cc1. The first-order valence-electron chi connectivity index (χ1n) is 8.58. The van der Waals surface area contributed by atoms with E-state index in [1.54, 1.807) is 11.3 Å². The molecule has 1 aromatic heterocycles. The molecule has 0 saturated heterocycles. The van der Waals surface area contributed by atoms with Crippen LogP contribution in [0.5, 0.6) is 5.75 Å². The Bertz CT molecular complexity index is 1070. The summed E-state index contributed by atoms with van der Waals surface area (Å²) in [6.07, 6.45) is 0. The molecule has 5 nitrogen and oxygen atoms in total. The average molecular weight is 400 g/mol. The molecular weight excluding hydrogens is 382 g/mol. The highest BCUT2D eigenvalue weighted by Gasteiger charge is 2.18. The quantitative estimate of drug-likeness (QED) is 0.672. The van der Waals surface area contributed by atoms with Crippen LogP contribution in [0.3, 0.4) is 0 Å². The van der Waals surface area contributed by atoms with Crippen LogP contribution in [0, 0.1) is 0 Å². The maximum absolute atomic E-state index is 11.6. The van der Waals surface area contributed by atoms with Crippen molar-refractivity contribution in [1.82, 2.24) is 4.57 Å². The van der Waals surface area contributed by atoms with Crippen LogP contribution >= 0.6 is 22.9 Å². The van der Waals surface area contributed by atoms with Crippen LogP contribution in [0.4, 0.5) is 11.4 Å². The van der Waals surface area contributed by atoms with Crippen LogP contribution in [0.2, 0.25) is 5.02 Å². The van der Waals surface area contributed by atoms with Gasteiger partial charge in [-0.15, -0.1) is 11.3 Å². The average Bonchev–Trinajstić information content (AvgIpc) is 3.07. The number of hydrogen-bond acceptors (Lipinski definition) is 4. The van der Waals surface area contributed by atoms with E-state index in [9.17, 15) is 4.79 Å². The Balaban J connectivity index is 1.80. The fraction of sp³-hybridized carbons (Fsp3) is 0.200. The summed E-state index contributed by atoms with van der Waals surface area (Å²) in [5, 5.41) is 5.64. The Hall–Kier alpha value is -2.57. The van der Waals surface area contributed by atoms with Crippen molar-refractivity contribution in [2.75, 3.05) is 11.9 Å². The summed E-state index contributed by atoms with van der Waals surface area (Å²) in [6, 6.07) is 13.5. The third-order valence-electron chi connectivity index (χ3n) is 4.22. The number of ether oxygens (including phenoxy) is 1. The molecule has 0 radical (unpaired) electrons. The van der Waals surface area contributed by atoms with Crippen molar-refractivity contribution in [1.29, 1.82) is 0 Å². The molecule has 1 N–H and O–H groups in total. The molecule has 2 aromatic carbocycles. The van der Waals surface area contributed by atoms with Crippen LogP contribution in [0.15, 0.2) is 52.8 Å². The van der Waals surface area contributed by atoms with Crippen molar-refractivity contribution in [3.8, 4) is 17.0 Å². The van der Waals surface area contributed by atoms with Crippen LogP contribution in [-0.4, -0.2) is 17.1 Å². The van der Waals surface area contributed by atoms with Gasteiger partial charge < -0.3 is 14.6 Å². The van der Waals surface area contributed by atoms with Crippen molar-refractivity contribution in [3.63, 3.8) is 0 Å². The second-order valence-electron chi connectivity index (χ2n) is 6.50. The largest absolute Gasteiger partial charge is 0.482 e. The van der Waals surface area contributed by atoms with Gasteiger partial charge in [0.05, 0.1) is 17.1 Å². The van der Waals surface area contributed by atoms with Gasteiger partial charge in [-0.25, -0.2) is 4.99 Å². The highest BCUT2D eigenvalue weighted by molar-refractivity contribution is 7.07. The Labute approximate surface area is 165 Å². The molecule has 0 aliphatic carbocycles. The Kier molecular flexibility index (Phi) is 4.76. The van der Waals surface area contributed by atoms with Crippen molar-refractivity contribution < 1.29 is 9.53 Å². The molecule has 2 heterocycles. The van der Waals surface area contributed by atoms with Crippen LogP contribution in [0.25, 0.3) is 11.3 Å². The van der Waals surface area contributed by atoms with E-state index in [2.05, 4.69) is 29.1 Å². The molecule has 0 spiro atoms. The van der Waals surface area contributed by atoms with Crippen molar-refractivity contribution in [2.24, 2.45) is 4.99 Å². The number of carbonyl (C=O) groups excluding carboxylic acids is 1. The molecule has 0 saturated carbocycles. The van der Waals surface area contributed by atoms with E-state index in [-0.39, 0.29) is 18.6 Å². The third-order valence-corrected chi connectivity index (χ3v) is 5.31. The van der Waals surface area contributed by atoms with E-state index in [4.69, 9.17) is 21.3 Å². The predicted octanol–water partition coefficient (Wildman–Crippen LogP) is 5.01. The summed E-state index contributed by atoms with van der Waals surface area (Å²) < 4.78 is 7.64. The van der Waals surface area contributed by atoms with Crippen LogP contribution in [-0.2, 0) is 4.79 Å². The molecular formula is C20H18ClN3O2S. The van der Waals surface area contributed by atoms with Crippen molar-refractivity contribution >= 4 is 40.2 Å². The van der Waals surface area contributed by atoms with E-state index in [0.29, 0.717) is 16.5 Å². The van der Waals surface area contributed by atoms with Gasteiger partial charge in [0.2, 0.25) is 0 Å². The summed E-state index contributed by atoms with van der Waals surface area (Å²) in [5.41, 5.74) is 3.60. The molecule has 1 aliphatic heterocycles.